The highest BCUT2D eigenvalue weighted by molar-refractivity contribution is 7.99. The number of alkyl halides is 3. The third-order valence-corrected chi connectivity index (χ3v) is 5.12. The van der Waals surface area contributed by atoms with Gasteiger partial charge in [0.2, 0.25) is 5.91 Å². The number of morpholine rings is 1. The van der Waals surface area contributed by atoms with Crippen molar-refractivity contribution in [2.45, 2.75) is 24.0 Å². The van der Waals surface area contributed by atoms with Gasteiger partial charge in [-0.3, -0.25) is 9.69 Å². The highest BCUT2D eigenvalue weighted by Gasteiger charge is 2.32. The molecule has 1 unspecified atom stereocenters. The van der Waals surface area contributed by atoms with Crippen LogP contribution in [0, 0.1) is 0 Å². The molecule has 1 aromatic carbocycles. The summed E-state index contributed by atoms with van der Waals surface area (Å²) in [5.74, 6) is -0.373. The molecule has 1 N–H and O–H groups in total. The van der Waals surface area contributed by atoms with Gasteiger partial charge in [0.25, 0.3) is 0 Å². The maximum Gasteiger partial charge on any atom is 0.433 e. The molecule has 1 aliphatic rings. The first-order valence-corrected chi connectivity index (χ1v) is 10.1. The second kappa shape index (κ2) is 10.0. The molecule has 1 saturated heterocycles. The molecule has 0 radical (unpaired) electrons. The van der Waals surface area contributed by atoms with Gasteiger partial charge in [-0.25, -0.2) is 9.97 Å². The zero-order valence-electron chi connectivity index (χ0n) is 15.6. The summed E-state index contributed by atoms with van der Waals surface area (Å²) in [6, 6.07) is 10.9. The predicted octanol–water partition coefficient (Wildman–Crippen LogP) is 2.60. The monoisotopic (exact) mass is 426 g/mol. The van der Waals surface area contributed by atoms with Gasteiger partial charge in [-0.2, -0.15) is 13.2 Å². The molecule has 3 rings (SSSR count). The number of ether oxygens (including phenoxy) is 1. The van der Waals surface area contributed by atoms with E-state index >= 15 is 0 Å². The average Bonchev–Trinajstić information content (AvgIpc) is 2.71. The summed E-state index contributed by atoms with van der Waals surface area (Å²) in [5.41, 5.74) is 0.194. The summed E-state index contributed by atoms with van der Waals surface area (Å²) in [6.45, 7) is 3.26. The Morgan fingerprint density at radius 1 is 1.28 bits per heavy atom. The topological polar surface area (TPSA) is 67.4 Å². The molecule has 0 aliphatic carbocycles. The van der Waals surface area contributed by atoms with Crippen LogP contribution in [0.1, 0.15) is 11.3 Å². The summed E-state index contributed by atoms with van der Waals surface area (Å²) in [6.07, 6.45) is -3.64. The Balaban J connectivity index is 1.41. The quantitative estimate of drug-likeness (QED) is 0.542. The summed E-state index contributed by atoms with van der Waals surface area (Å²) in [5, 5.41) is 2.68. The first-order chi connectivity index (χ1) is 13.9. The summed E-state index contributed by atoms with van der Waals surface area (Å²) < 4.78 is 43.7. The largest absolute Gasteiger partial charge is 0.433 e. The van der Waals surface area contributed by atoms with E-state index in [2.05, 4.69) is 32.3 Å². The van der Waals surface area contributed by atoms with E-state index in [1.165, 1.54) is 5.56 Å². The Morgan fingerprint density at radius 3 is 2.83 bits per heavy atom. The first-order valence-electron chi connectivity index (χ1n) is 9.08. The Bertz CT molecular complexity index is 808. The van der Waals surface area contributed by atoms with Crippen LogP contribution in [0.2, 0.25) is 0 Å². The smallest absolute Gasteiger partial charge is 0.374 e. The van der Waals surface area contributed by atoms with Crippen LogP contribution in [0.5, 0.6) is 0 Å². The van der Waals surface area contributed by atoms with Crippen LogP contribution in [-0.2, 0) is 22.3 Å². The Hall–Kier alpha value is -2.17. The molecule has 1 amide bonds. The van der Waals surface area contributed by atoms with E-state index < -0.39 is 11.9 Å². The molecule has 1 atom stereocenters. The van der Waals surface area contributed by atoms with Crippen LogP contribution in [0.3, 0.4) is 0 Å². The van der Waals surface area contributed by atoms with E-state index in [4.69, 9.17) is 4.74 Å². The number of hydrogen-bond donors (Lipinski definition) is 1. The van der Waals surface area contributed by atoms with Gasteiger partial charge in [0.15, 0.2) is 5.16 Å². The number of hydrogen-bond acceptors (Lipinski definition) is 6. The molecule has 1 aliphatic heterocycles. The number of nitrogens with one attached hydrogen (secondary N) is 1. The summed E-state index contributed by atoms with van der Waals surface area (Å²) in [4.78, 5) is 21.5. The minimum absolute atomic E-state index is 0.0677. The van der Waals surface area contributed by atoms with E-state index in [-0.39, 0.29) is 22.9 Å². The number of halogens is 3. The molecule has 10 heteroatoms. The molecule has 2 heterocycles. The van der Waals surface area contributed by atoms with Gasteiger partial charge in [-0.05, 0) is 11.6 Å². The van der Waals surface area contributed by atoms with E-state index in [0.717, 1.165) is 37.1 Å². The van der Waals surface area contributed by atoms with Crippen molar-refractivity contribution in [3.63, 3.8) is 0 Å². The molecule has 1 aromatic heterocycles. The number of aromatic nitrogens is 2. The fourth-order valence-electron chi connectivity index (χ4n) is 2.87. The molecule has 29 heavy (non-hydrogen) atoms. The summed E-state index contributed by atoms with van der Waals surface area (Å²) >= 11 is 0.862. The van der Waals surface area contributed by atoms with Gasteiger partial charge >= 0.3 is 6.18 Å². The van der Waals surface area contributed by atoms with E-state index in [1.807, 2.05) is 18.2 Å². The number of nitrogens with zero attached hydrogens (tertiary/aromatic N) is 3. The number of thioether (sulfide) groups is 1. The van der Waals surface area contributed by atoms with Crippen molar-refractivity contribution >= 4 is 17.7 Å². The molecular weight excluding hydrogens is 405 g/mol. The van der Waals surface area contributed by atoms with Gasteiger partial charge < -0.3 is 10.1 Å². The van der Waals surface area contributed by atoms with Crippen LogP contribution in [-0.4, -0.2) is 58.9 Å². The number of amides is 1. The molecule has 156 valence electrons. The first kappa shape index (κ1) is 21.5. The normalized spacial score (nSPS) is 17.8. The van der Waals surface area contributed by atoms with Crippen LogP contribution in [0.4, 0.5) is 13.2 Å². The van der Waals surface area contributed by atoms with Gasteiger partial charge in [-0.1, -0.05) is 42.1 Å². The SMILES string of the molecule is O=C(CSc1nccc(C(F)(F)F)n1)NCC1CN(Cc2ccccc2)CCO1. The standard InChI is InChI=1S/C19H21F3N4O2S/c20-19(21,22)16-6-7-23-18(25-16)29-13-17(27)24-10-15-12-26(8-9-28-15)11-14-4-2-1-3-5-14/h1-7,15H,8-13H2,(H,24,27). The van der Waals surface area contributed by atoms with Gasteiger partial charge in [-0.15, -0.1) is 0 Å². The third-order valence-electron chi connectivity index (χ3n) is 4.26. The second-order valence-electron chi connectivity index (χ2n) is 6.53. The second-order valence-corrected chi connectivity index (χ2v) is 7.47. The number of carbonyl (C=O) groups is 1. The zero-order valence-corrected chi connectivity index (χ0v) is 16.4. The molecule has 6 nitrogen and oxygen atoms in total. The molecule has 2 aromatic rings. The lowest BCUT2D eigenvalue weighted by Gasteiger charge is -2.33. The number of carbonyl (C=O) groups excluding carboxylic acids is 1. The zero-order chi connectivity index (χ0) is 20.7. The maximum atomic E-state index is 12.7. The van der Waals surface area contributed by atoms with Crippen molar-refractivity contribution in [3.8, 4) is 0 Å². The maximum absolute atomic E-state index is 12.7. The van der Waals surface area contributed by atoms with Crippen molar-refractivity contribution in [3.05, 3.63) is 53.9 Å². The Labute approximate surface area is 170 Å². The lowest BCUT2D eigenvalue weighted by molar-refractivity contribution is -0.141. The van der Waals surface area contributed by atoms with E-state index in [1.54, 1.807) is 0 Å². The molecule has 1 fully saturated rings. The lowest BCUT2D eigenvalue weighted by atomic mass is 10.2. The van der Waals surface area contributed by atoms with Crippen molar-refractivity contribution in [2.75, 3.05) is 32.0 Å². The highest BCUT2D eigenvalue weighted by Crippen LogP contribution is 2.28. The van der Waals surface area contributed by atoms with Crippen molar-refractivity contribution in [1.29, 1.82) is 0 Å². The fourth-order valence-corrected chi connectivity index (χ4v) is 3.53. The highest BCUT2D eigenvalue weighted by atomic mass is 32.2. The average molecular weight is 426 g/mol. The van der Waals surface area contributed by atoms with Gasteiger partial charge in [0.05, 0.1) is 18.5 Å². The lowest BCUT2D eigenvalue weighted by Crippen LogP contribution is -2.47. The van der Waals surface area contributed by atoms with Gasteiger partial charge in [0, 0.05) is 32.4 Å². The predicted molar refractivity (Wildman–Crippen MR) is 102 cm³/mol. The van der Waals surface area contributed by atoms with Crippen LogP contribution in [0.25, 0.3) is 0 Å². The van der Waals surface area contributed by atoms with E-state index in [9.17, 15) is 18.0 Å². The Kier molecular flexibility index (Phi) is 7.45. The molecular formula is C19H21F3N4O2S. The molecule has 0 bridgehead atoms. The minimum Gasteiger partial charge on any atom is -0.374 e. The number of benzene rings is 1. The van der Waals surface area contributed by atoms with Crippen LogP contribution >= 0.6 is 11.8 Å². The van der Waals surface area contributed by atoms with Crippen LogP contribution < -0.4 is 5.32 Å². The third kappa shape index (κ3) is 6.98. The van der Waals surface area contributed by atoms with E-state index in [0.29, 0.717) is 19.7 Å². The Morgan fingerprint density at radius 2 is 2.07 bits per heavy atom. The summed E-state index contributed by atoms with van der Waals surface area (Å²) in [7, 11) is 0. The van der Waals surface area contributed by atoms with Crippen molar-refractivity contribution < 1.29 is 22.7 Å². The number of rotatable bonds is 7. The van der Waals surface area contributed by atoms with Crippen molar-refractivity contribution in [2.24, 2.45) is 0 Å². The minimum atomic E-state index is -4.54. The molecule has 0 spiro atoms. The van der Waals surface area contributed by atoms with Crippen LogP contribution in [0.15, 0.2) is 47.8 Å². The van der Waals surface area contributed by atoms with Crippen molar-refractivity contribution in [1.82, 2.24) is 20.2 Å². The van der Waals surface area contributed by atoms with Gasteiger partial charge in [0.1, 0.15) is 5.69 Å². The fraction of sp³-hybridized carbons (Fsp3) is 0.421. The molecule has 0 saturated carbocycles.